The Balaban J connectivity index is 1.96. The Morgan fingerprint density at radius 1 is 1.30 bits per heavy atom. The molecule has 1 aliphatic rings. The zero-order valence-corrected chi connectivity index (χ0v) is 13.2. The van der Waals surface area contributed by atoms with E-state index >= 15 is 0 Å². The van der Waals surface area contributed by atoms with Gasteiger partial charge in [0, 0.05) is 24.5 Å². The van der Waals surface area contributed by atoms with Crippen LogP contribution in [0.3, 0.4) is 0 Å². The molecule has 3 N–H and O–H groups in total. The number of fused-ring (bicyclic) bond motifs is 1. The second kappa shape index (κ2) is 5.73. The van der Waals surface area contributed by atoms with Crippen molar-refractivity contribution >= 4 is 11.6 Å². The summed E-state index contributed by atoms with van der Waals surface area (Å²) >= 11 is 0. The number of hydrogen-bond acceptors (Lipinski definition) is 4. The molecule has 0 unspecified atom stereocenters. The molecule has 2 aromatic rings. The summed E-state index contributed by atoms with van der Waals surface area (Å²) in [6.07, 6.45) is 4.09. The first-order valence-corrected chi connectivity index (χ1v) is 7.44. The molecule has 1 amide bonds. The summed E-state index contributed by atoms with van der Waals surface area (Å²) in [6.45, 7) is 4.86. The monoisotopic (exact) mass is 306 g/mol. The van der Waals surface area contributed by atoms with Crippen molar-refractivity contribution in [2.45, 2.75) is 20.3 Å². The molecule has 0 aliphatic carbocycles. The van der Waals surface area contributed by atoms with Crippen molar-refractivity contribution in [3.8, 4) is 11.8 Å². The fourth-order valence-electron chi connectivity index (χ4n) is 2.48. The summed E-state index contributed by atoms with van der Waals surface area (Å²) in [5, 5.41) is 2.94. The molecule has 0 saturated carbocycles. The number of anilines is 1. The molecule has 0 saturated heterocycles. The molecule has 5 nitrogen and oxygen atoms in total. The molecule has 3 rings (SSSR count). The predicted molar refractivity (Wildman–Crippen MR) is 88.7 cm³/mol. The highest BCUT2D eigenvalue weighted by Gasteiger charge is 2.27. The third-order valence-electron chi connectivity index (χ3n) is 3.75. The van der Waals surface area contributed by atoms with Crippen LogP contribution in [0.2, 0.25) is 0 Å². The topological polar surface area (TPSA) is 80.9 Å². The number of nitrogens with two attached hydrogens (primary N) is 1. The zero-order valence-electron chi connectivity index (χ0n) is 13.2. The molecule has 0 fully saturated rings. The van der Waals surface area contributed by atoms with Crippen LogP contribution in [-0.4, -0.2) is 22.4 Å². The average Bonchev–Trinajstić information content (AvgIpc) is 2.63. The summed E-state index contributed by atoms with van der Waals surface area (Å²) < 4.78 is 0. The Morgan fingerprint density at radius 2 is 2.13 bits per heavy atom. The Bertz CT molecular complexity index is 830. The van der Waals surface area contributed by atoms with E-state index in [4.69, 9.17) is 5.73 Å². The first-order chi connectivity index (χ1) is 10.9. The Hall–Kier alpha value is -2.87. The Kier molecular flexibility index (Phi) is 3.75. The van der Waals surface area contributed by atoms with Gasteiger partial charge in [0.05, 0.1) is 16.9 Å². The van der Waals surface area contributed by atoms with Crippen LogP contribution in [0.4, 0.5) is 5.69 Å². The molecule has 0 aromatic carbocycles. The maximum Gasteiger partial charge on any atom is 0.253 e. The molecule has 0 radical (unpaired) electrons. The summed E-state index contributed by atoms with van der Waals surface area (Å²) in [4.78, 5) is 20.8. The van der Waals surface area contributed by atoms with Crippen molar-refractivity contribution < 1.29 is 4.79 Å². The summed E-state index contributed by atoms with van der Waals surface area (Å²) in [5.41, 5.74) is 8.94. The van der Waals surface area contributed by atoms with Crippen LogP contribution in [0.1, 0.15) is 41.2 Å². The van der Waals surface area contributed by atoms with E-state index < -0.39 is 0 Å². The minimum atomic E-state index is -0.0981. The first-order valence-electron chi connectivity index (χ1n) is 7.44. The lowest BCUT2D eigenvalue weighted by atomic mass is 9.87. The van der Waals surface area contributed by atoms with Gasteiger partial charge in [-0.15, -0.1) is 0 Å². The van der Waals surface area contributed by atoms with Crippen molar-refractivity contribution in [2.24, 2.45) is 5.41 Å². The number of rotatable bonds is 0. The number of carbonyl (C=O) groups is 1. The third-order valence-corrected chi connectivity index (χ3v) is 3.75. The Morgan fingerprint density at radius 3 is 2.91 bits per heavy atom. The second-order valence-electron chi connectivity index (χ2n) is 6.43. The second-order valence-corrected chi connectivity index (χ2v) is 6.43. The van der Waals surface area contributed by atoms with E-state index in [2.05, 4.69) is 41.0 Å². The Labute approximate surface area is 135 Å². The standard InChI is InChI=1S/C18H18N4O/c1-18(2)9-16-13(17(23)22-11-18)8-12(10-21-16)5-6-15-14(19)4-3-7-20-15/h3-4,7-8,10H,9,11,19H2,1-2H3,(H,22,23). The van der Waals surface area contributed by atoms with Gasteiger partial charge in [0.1, 0.15) is 5.69 Å². The van der Waals surface area contributed by atoms with Gasteiger partial charge in [-0.05, 0) is 36.0 Å². The molecule has 0 atom stereocenters. The molecule has 5 heteroatoms. The van der Waals surface area contributed by atoms with Crippen LogP contribution in [0.15, 0.2) is 30.6 Å². The SMILES string of the molecule is CC1(C)CNC(=O)c2cc(C#Cc3ncccc3N)cnc2C1. The van der Waals surface area contributed by atoms with Crippen LogP contribution >= 0.6 is 0 Å². The van der Waals surface area contributed by atoms with E-state index in [1.807, 2.05) is 0 Å². The van der Waals surface area contributed by atoms with Crippen molar-refractivity contribution in [3.05, 3.63) is 53.1 Å². The molecule has 2 aromatic heterocycles. The lowest BCUT2D eigenvalue weighted by Crippen LogP contribution is -2.31. The first kappa shape index (κ1) is 15.0. The number of carbonyl (C=O) groups excluding carboxylic acids is 1. The normalized spacial score (nSPS) is 15.7. The quantitative estimate of drug-likeness (QED) is 0.727. The van der Waals surface area contributed by atoms with Gasteiger partial charge in [0.25, 0.3) is 5.91 Å². The van der Waals surface area contributed by atoms with Gasteiger partial charge in [-0.2, -0.15) is 0 Å². The van der Waals surface area contributed by atoms with Crippen LogP contribution in [-0.2, 0) is 6.42 Å². The largest absolute Gasteiger partial charge is 0.396 e. The number of pyridine rings is 2. The molecular weight excluding hydrogens is 288 g/mol. The molecule has 1 aliphatic heterocycles. The number of nitrogens with zero attached hydrogens (tertiary/aromatic N) is 2. The van der Waals surface area contributed by atoms with E-state index in [1.165, 1.54) is 0 Å². The smallest absolute Gasteiger partial charge is 0.253 e. The fourth-order valence-corrected chi connectivity index (χ4v) is 2.48. The van der Waals surface area contributed by atoms with Crippen molar-refractivity contribution in [1.29, 1.82) is 0 Å². The van der Waals surface area contributed by atoms with Crippen molar-refractivity contribution in [1.82, 2.24) is 15.3 Å². The third kappa shape index (κ3) is 3.32. The van der Waals surface area contributed by atoms with E-state index in [-0.39, 0.29) is 11.3 Å². The van der Waals surface area contributed by atoms with Gasteiger partial charge in [-0.25, -0.2) is 4.98 Å². The van der Waals surface area contributed by atoms with Crippen LogP contribution in [0, 0.1) is 17.3 Å². The lowest BCUT2D eigenvalue weighted by Gasteiger charge is -2.21. The fraction of sp³-hybridized carbons (Fsp3) is 0.278. The van der Waals surface area contributed by atoms with Crippen LogP contribution < -0.4 is 11.1 Å². The minimum absolute atomic E-state index is 0.0104. The minimum Gasteiger partial charge on any atom is -0.396 e. The van der Waals surface area contributed by atoms with Gasteiger partial charge in [-0.1, -0.05) is 19.8 Å². The highest BCUT2D eigenvalue weighted by molar-refractivity contribution is 5.96. The maximum atomic E-state index is 12.2. The highest BCUT2D eigenvalue weighted by atomic mass is 16.1. The van der Waals surface area contributed by atoms with Gasteiger partial charge in [0.15, 0.2) is 0 Å². The molecular formula is C18H18N4O. The van der Waals surface area contributed by atoms with E-state index in [9.17, 15) is 4.79 Å². The van der Waals surface area contributed by atoms with Gasteiger partial charge in [-0.3, -0.25) is 9.78 Å². The lowest BCUT2D eigenvalue weighted by molar-refractivity contribution is 0.0944. The predicted octanol–water partition coefficient (Wildman–Crippen LogP) is 1.77. The zero-order chi connectivity index (χ0) is 16.4. The average molecular weight is 306 g/mol. The number of aromatic nitrogens is 2. The summed E-state index contributed by atoms with van der Waals surface area (Å²) in [5.74, 6) is 5.81. The number of nitrogens with one attached hydrogen (secondary N) is 1. The summed E-state index contributed by atoms with van der Waals surface area (Å²) in [6, 6.07) is 5.30. The van der Waals surface area contributed by atoms with E-state index in [0.29, 0.717) is 29.1 Å². The molecule has 3 heterocycles. The van der Waals surface area contributed by atoms with Crippen LogP contribution in [0.25, 0.3) is 0 Å². The number of nitrogen functional groups attached to an aromatic ring is 1. The van der Waals surface area contributed by atoms with Crippen LogP contribution in [0.5, 0.6) is 0 Å². The molecule has 0 bridgehead atoms. The number of hydrogen-bond donors (Lipinski definition) is 2. The van der Waals surface area contributed by atoms with Crippen molar-refractivity contribution in [3.63, 3.8) is 0 Å². The number of amides is 1. The summed E-state index contributed by atoms with van der Waals surface area (Å²) in [7, 11) is 0. The van der Waals surface area contributed by atoms with Crippen molar-refractivity contribution in [2.75, 3.05) is 12.3 Å². The van der Waals surface area contributed by atoms with E-state index in [0.717, 1.165) is 12.1 Å². The maximum absolute atomic E-state index is 12.2. The molecule has 23 heavy (non-hydrogen) atoms. The highest BCUT2D eigenvalue weighted by Crippen LogP contribution is 2.25. The molecule has 0 spiro atoms. The molecule has 116 valence electrons. The van der Waals surface area contributed by atoms with Gasteiger partial charge >= 0.3 is 0 Å². The van der Waals surface area contributed by atoms with Gasteiger partial charge < -0.3 is 11.1 Å². The van der Waals surface area contributed by atoms with Gasteiger partial charge in [0.2, 0.25) is 0 Å². The van der Waals surface area contributed by atoms with E-state index in [1.54, 1.807) is 30.6 Å².